The molecular weight excluding hydrogens is 322 g/mol. The highest BCUT2D eigenvalue weighted by atomic mass is 16.5. The maximum atomic E-state index is 12.4. The predicted molar refractivity (Wildman–Crippen MR) is 93.7 cm³/mol. The maximum Gasteiger partial charge on any atom is 0.326 e. The van der Waals surface area contributed by atoms with Crippen molar-refractivity contribution in [2.24, 2.45) is 5.92 Å². The summed E-state index contributed by atoms with van der Waals surface area (Å²) in [6, 6.07) is 6.36. The summed E-state index contributed by atoms with van der Waals surface area (Å²) in [5, 5.41) is 11.8. The molecular formula is C18H23N3O4. The summed E-state index contributed by atoms with van der Waals surface area (Å²) in [6.07, 6.45) is 0.354. The number of imidazole rings is 1. The molecule has 0 saturated carbocycles. The highest BCUT2D eigenvalue weighted by molar-refractivity contribution is 5.96. The van der Waals surface area contributed by atoms with Gasteiger partial charge in [-0.15, -0.1) is 0 Å². The first kappa shape index (κ1) is 18.5. The van der Waals surface area contributed by atoms with Gasteiger partial charge in [0.25, 0.3) is 5.91 Å². The largest absolute Gasteiger partial charge is 0.497 e. The molecule has 1 atom stereocenters. The van der Waals surface area contributed by atoms with Gasteiger partial charge < -0.3 is 20.1 Å². The highest BCUT2D eigenvalue weighted by Crippen LogP contribution is 2.22. The molecule has 0 fully saturated rings. The number of aryl methyl sites for hydroxylation is 1. The van der Waals surface area contributed by atoms with Crippen molar-refractivity contribution in [1.29, 1.82) is 0 Å². The number of aromatic nitrogens is 2. The molecule has 3 N–H and O–H groups in total. The average Bonchev–Trinajstić information content (AvgIpc) is 2.95. The Morgan fingerprint density at radius 3 is 2.68 bits per heavy atom. The number of carboxylic acid groups (broad SMARTS) is 1. The summed E-state index contributed by atoms with van der Waals surface area (Å²) in [6.45, 7) is 5.54. The lowest BCUT2D eigenvalue weighted by Gasteiger charge is -2.15. The van der Waals surface area contributed by atoms with Crippen LogP contribution in [0.5, 0.6) is 5.75 Å². The fourth-order valence-electron chi connectivity index (χ4n) is 2.51. The minimum Gasteiger partial charge on any atom is -0.497 e. The second-order valence-electron chi connectivity index (χ2n) is 6.28. The number of carbonyl (C=O) groups excluding carboxylic acids is 1. The van der Waals surface area contributed by atoms with E-state index in [1.807, 2.05) is 32.0 Å². The molecule has 134 valence electrons. The Bertz CT molecular complexity index is 767. The van der Waals surface area contributed by atoms with Crippen molar-refractivity contribution in [3.05, 3.63) is 35.7 Å². The van der Waals surface area contributed by atoms with Gasteiger partial charge in [-0.1, -0.05) is 26.0 Å². The number of aromatic amines is 1. The number of hydrogen-bond acceptors (Lipinski definition) is 4. The number of carboxylic acids is 1. The van der Waals surface area contributed by atoms with Gasteiger partial charge in [0.15, 0.2) is 0 Å². The van der Waals surface area contributed by atoms with E-state index in [4.69, 9.17) is 4.74 Å². The molecule has 0 aliphatic carbocycles. The number of benzene rings is 1. The van der Waals surface area contributed by atoms with Gasteiger partial charge in [-0.25, -0.2) is 9.78 Å². The molecule has 0 aliphatic rings. The smallest absolute Gasteiger partial charge is 0.326 e. The van der Waals surface area contributed by atoms with Gasteiger partial charge in [-0.05, 0) is 31.4 Å². The van der Waals surface area contributed by atoms with Crippen molar-refractivity contribution < 1.29 is 19.4 Å². The molecule has 25 heavy (non-hydrogen) atoms. The molecule has 1 aromatic heterocycles. The van der Waals surface area contributed by atoms with Crippen molar-refractivity contribution >= 4 is 11.9 Å². The van der Waals surface area contributed by atoms with Gasteiger partial charge in [-0.3, -0.25) is 4.79 Å². The van der Waals surface area contributed by atoms with Crippen LogP contribution in [0.25, 0.3) is 11.4 Å². The first-order valence-corrected chi connectivity index (χ1v) is 8.06. The summed E-state index contributed by atoms with van der Waals surface area (Å²) in [7, 11) is 1.58. The van der Waals surface area contributed by atoms with E-state index >= 15 is 0 Å². The van der Waals surface area contributed by atoms with E-state index in [9.17, 15) is 14.7 Å². The number of carbonyl (C=O) groups is 2. The van der Waals surface area contributed by atoms with Gasteiger partial charge in [-0.2, -0.15) is 0 Å². The molecule has 1 amide bonds. The molecule has 2 aromatic rings. The molecule has 0 radical (unpaired) electrons. The summed E-state index contributed by atoms with van der Waals surface area (Å²) in [5.74, 6) is -0.203. The summed E-state index contributed by atoms with van der Waals surface area (Å²) in [4.78, 5) is 31.2. The fourth-order valence-corrected chi connectivity index (χ4v) is 2.51. The Morgan fingerprint density at radius 1 is 1.36 bits per heavy atom. The number of hydrogen-bond donors (Lipinski definition) is 3. The molecule has 7 heteroatoms. The van der Waals surface area contributed by atoms with Crippen LogP contribution in [0.3, 0.4) is 0 Å². The van der Waals surface area contributed by atoms with Crippen molar-refractivity contribution in [3.63, 3.8) is 0 Å². The van der Waals surface area contributed by atoms with Gasteiger partial charge in [0, 0.05) is 11.3 Å². The lowest BCUT2D eigenvalue weighted by Crippen LogP contribution is -2.42. The first-order valence-electron chi connectivity index (χ1n) is 8.06. The third-order valence-electron chi connectivity index (χ3n) is 3.75. The summed E-state index contributed by atoms with van der Waals surface area (Å²) < 4.78 is 5.19. The number of aliphatic carboxylic acids is 1. The predicted octanol–water partition coefficient (Wildman–Crippen LogP) is 2.62. The monoisotopic (exact) mass is 345 g/mol. The minimum absolute atomic E-state index is 0.147. The first-order chi connectivity index (χ1) is 11.8. The lowest BCUT2D eigenvalue weighted by molar-refractivity contribution is -0.139. The van der Waals surface area contributed by atoms with E-state index in [2.05, 4.69) is 15.3 Å². The van der Waals surface area contributed by atoms with Gasteiger partial charge >= 0.3 is 5.97 Å². The average molecular weight is 345 g/mol. The van der Waals surface area contributed by atoms with Crippen LogP contribution in [-0.2, 0) is 4.79 Å². The number of rotatable bonds is 7. The number of amides is 1. The summed E-state index contributed by atoms with van der Waals surface area (Å²) >= 11 is 0. The third-order valence-corrected chi connectivity index (χ3v) is 3.75. The number of nitrogens with zero attached hydrogens (tertiary/aromatic N) is 1. The van der Waals surface area contributed by atoms with Gasteiger partial charge in [0.1, 0.15) is 23.3 Å². The van der Waals surface area contributed by atoms with Crippen molar-refractivity contribution in [1.82, 2.24) is 15.3 Å². The van der Waals surface area contributed by atoms with E-state index in [0.29, 0.717) is 23.7 Å². The Balaban J connectivity index is 2.23. The van der Waals surface area contributed by atoms with Crippen LogP contribution in [-0.4, -0.2) is 40.1 Å². The lowest BCUT2D eigenvalue weighted by atomic mass is 10.0. The molecule has 1 heterocycles. The number of nitrogens with one attached hydrogen (secondary N) is 2. The zero-order valence-corrected chi connectivity index (χ0v) is 14.8. The standard InChI is InChI=1S/C18H23N3O4/c1-10(2)8-14(18(23)24)20-17(22)15-11(3)19-16(21-15)12-6-5-7-13(9-12)25-4/h5-7,9-10,14H,8H2,1-4H3,(H,19,21)(H,20,22)(H,23,24)/t14-/m0/s1. The summed E-state index contributed by atoms with van der Waals surface area (Å²) in [5.41, 5.74) is 1.54. The van der Waals surface area contributed by atoms with Crippen LogP contribution in [0.15, 0.2) is 24.3 Å². The Hall–Kier alpha value is -2.83. The molecule has 0 saturated heterocycles. The second-order valence-corrected chi connectivity index (χ2v) is 6.28. The third kappa shape index (κ3) is 4.59. The Morgan fingerprint density at radius 2 is 2.08 bits per heavy atom. The Labute approximate surface area is 146 Å². The van der Waals surface area contributed by atoms with Crippen LogP contribution in [0.2, 0.25) is 0 Å². The van der Waals surface area contributed by atoms with Crippen LogP contribution in [0, 0.1) is 12.8 Å². The molecule has 7 nitrogen and oxygen atoms in total. The van der Waals surface area contributed by atoms with E-state index in [0.717, 1.165) is 5.56 Å². The Kier molecular flexibility index (Phi) is 5.80. The molecule has 1 aromatic carbocycles. The van der Waals surface area contributed by atoms with Crippen molar-refractivity contribution in [3.8, 4) is 17.1 Å². The van der Waals surface area contributed by atoms with Crippen LogP contribution in [0.1, 0.15) is 36.5 Å². The number of methoxy groups -OCH3 is 1. The van der Waals surface area contributed by atoms with Crippen LogP contribution < -0.4 is 10.1 Å². The van der Waals surface area contributed by atoms with Crippen molar-refractivity contribution in [2.75, 3.05) is 7.11 Å². The van der Waals surface area contributed by atoms with E-state index in [-0.39, 0.29) is 11.6 Å². The SMILES string of the molecule is COc1cccc(-c2nc(C(=O)N[C@@H](CC(C)C)C(=O)O)c(C)[nH]2)c1. The minimum atomic E-state index is -1.05. The van der Waals surface area contributed by atoms with Crippen LogP contribution >= 0.6 is 0 Å². The van der Waals surface area contributed by atoms with E-state index < -0.39 is 17.9 Å². The van der Waals surface area contributed by atoms with Gasteiger partial charge in [0.2, 0.25) is 0 Å². The highest BCUT2D eigenvalue weighted by Gasteiger charge is 2.24. The molecule has 0 bridgehead atoms. The quantitative estimate of drug-likeness (QED) is 0.715. The molecule has 0 spiro atoms. The van der Waals surface area contributed by atoms with Crippen LogP contribution in [0.4, 0.5) is 0 Å². The molecule has 0 aliphatic heterocycles. The van der Waals surface area contributed by atoms with Crippen molar-refractivity contribution in [2.45, 2.75) is 33.2 Å². The zero-order valence-electron chi connectivity index (χ0n) is 14.8. The normalized spacial score (nSPS) is 12.0. The maximum absolute atomic E-state index is 12.4. The van der Waals surface area contributed by atoms with E-state index in [1.54, 1.807) is 20.1 Å². The van der Waals surface area contributed by atoms with Gasteiger partial charge in [0.05, 0.1) is 7.11 Å². The second kappa shape index (κ2) is 7.83. The van der Waals surface area contributed by atoms with E-state index in [1.165, 1.54) is 0 Å². The molecule has 2 rings (SSSR count). The fraction of sp³-hybridized carbons (Fsp3) is 0.389. The number of H-pyrrole nitrogens is 1. The zero-order chi connectivity index (χ0) is 18.6. The number of ether oxygens (including phenoxy) is 1. The molecule has 0 unspecified atom stereocenters. The topological polar surface area (TPSA) is 104 Å².